The van der Waals surface area contributed by atoms with Gasteiger partial charge in [-0.15, -0.1) is 0 Å². The van der Waals surface area contributed by atoms with E-state index in [0.717, 1.165) is 23.3 Å². The van der Waals surface area contributed by atoms with Crippen molar-refractivity contribution in [1.82, 2.24) is 9.80 Å². The number of likely N-dealkylation sites (tertiary alicyclic amines) is 2. The fourth-order valence-corrected chi connectivity index (χ4v) is 8.00. The van der Waals surface area contributed by atoms with Crippen LogP contribution in [0.1, 0.15) is 59.1 Å². The molecule has 0 spiro atoms. The number of hydrogen-bond acceptors (Lipinski definition) is 3. The lowest BCUT2D eigenvalue weighted by atomic mass is 9.55. The van der Waals surface area contributed by atoms with Gasteiger partial charge in [-0.1, -0.05) is 97.1 Å². The lowest BCUT2D eigenvalue weighted by Gasteiger charge is -2.55. The summed E-state index contributed by atoms with van der Waals surface area (Å²) in [5, 5.41) is 0. The van der Waals surface area contributed by atoms with Crippen LogP contribution in [0.2, 0.25) is 0 Å². The zero-order valence-corrected chi connectivity index (χ0v) is 26.8. The summed E-state index contributed by atoms with van der Waals surface area (Å²) in [4.78, 5) is 4.57. The molecule has 0 atom stereocenters. The van der Waals surface area contributed by atoms with Crippen LogP contribution in [-0.2, 0) is 36.3 Å². The van der Waals surface area contributed by atoms with Crippen molar-refractivity contribution < 1.29 is 26.3 Å². The summed E-state index contributed by atoms with van der Waals surface area (Å²) in [6.07, 6.45) is -7.16. The first-order valence-electron chi connectivity index (χ1n) is 16.5. The molecule has 2 heterocycles. The van der Waals surface area contributed by atoms with Gasteiger partial charge in [0.25, 0.3) is 0 Å². The lowest BCUT2D eigenvalue weighted by Crippen LogP contribution is -2.63. The van der Waals surface area contributed by atoms with Crippen molar-refractivity contribution in [2.24, 2.45) is 5.73 Å². The van der Waals surface area contributed by atoms with Crippen LogP contribution in [0.15, 0.2) is 109 Å². The minimum atomic E-state index is -4.54. The van der Waals surface area contributed by atoms with Gasteiger partial charge < -0.3 is 5.73 Å². The molecule has 4 aromatic carbocycles. The quantitative estimate of drug-likeness (QED) is 0.191. The van der Waals surface area contributed by atoms with Gasteiger partial charge in [0.05, 0.1) is 11.1 Å². The van der Waals surface area contributed by atoms with Gasteiger partial charge in [0.2, 0.25) is 0 Å². The minimum Gasteiger partial charge on any atom is -0.326 e. The molecule has 4 aromatic rings. The molecule has 9 heteroatoms. The minimum absolute atomic E-state index is 0.483. The van der Waals surface area contributed by atoms with Crippen LogP contribution in [0.25, 0.3) is 0 Å². The highest BCUT2D eigenvalue weighted by Crippen LogP contribution is 2.51. The number of rotatable bonds is 8. The topological polar surface area (TPSA) is 32.5 Å². The van der Waals surface area contributed by atoms with Gasteiger partial charge in [0.1, 0.15) is 0 Å². The van der Waals surface area contributed by atoms with Gasteiger partial charge in [-0.05, 0) is 86.2 Å². The molecule has 0 saturated carbocycles. The molecule has 3 nitrogen and oxygen atoms in total. The van der Waals surface area contributed by atoms with Crippen LogP contribution in [0, 0.1) is 0 Å². The van der Waals surface area contributed by atoms with Gasteiger partial charge in [0.15, 0.2) is 0 Å². The Balaban J connectivity index is 1.40. The molecule has 2 saturated heterocycles. The first-order chi connectivity index (χ1) is 22.9. The molecule has 0 aliphatic carbocycles. The number of hydrogen-bond donors (Lipinski definition) is 1. The number of piperidine rings is 2. The van der Waals surface area contributed by atoms with Crippen LogP contribution in [0.3, 0.4) is 0 Å². The van der Waals surface area contributed by atoms with E-state index in [1.54, 1.807) is 12.1 Å². The molecule has 48 heavy (non-hydrogen) atoms. The summed E-state index contributed by atoms with van der Waals surface area (Å²) in [5.74, 6) is 0. The third kappa shape index (κ3) is 7.19. The number of halogens is 6. The van der Waals surface area contributed by atoms with E-state index in [9.17, 15) is 26.3 Å². The van der Waals surface area contributed by atoms with Crippen molar-refractivity contribution >= 4 is 0 Å². The Morgan fingerprint density at radius 1 is 0.521 bits per heavy atom. The highest BCUT2D eigenvalue weighted by molar-refractivity contribution is 5.41. The van der Waals surface area contributed by atoms with E-state index in [1.807, 2.05) is 60.7 Å². The molecule has 6 rings (SSSR count). The van der Waals surface area contributed by atoms with Crippen LogP contribution in [-0.4, -0.2) is 42.0 Å². The van der Waals surface area contributed by atoms with Gasteiger partial charge in [0, 0.05) is 30.0 Å². The smallest absolute Gasteiger partial charge is 0.326 e. The third-order valence-corrected chi connectivity index (χ3v) is 10.7. The van der Waals surface area contributed by atoms with Crippen molar-refractivity contribution in [2.45, 2.75) is 68.0 Å². The van der Waals surface area contributed by atoms with Crippen molar-refractivity contribution in [3.05, 3.63) is 143 Å². The van der Waals surface area contributed by atoms with Crippen LogP contribution >= 0.6 is 0 Å². The third-order valence-electron chi connectivity index (χ3n) is 10.7. The number of nitrogens with zero attached hydrogens (tertiary/aromatic N) is 2. The van der Waals surface area contributed by atoms with E-state index < -0.39 is 40.4 Å². The lowest BCUT2D eigenvalue weighted by molar-refractivity contribution is -0.138. The zero-order chi connectivity index (χ0) is 34.0. The second-order valence-corrected chi connectivity index (χ2v) is 13.5. The molecule has 254 valence electrons. The molecule has 0 radical (unpaired) electrons. The Kier molecular flexibility index (Phi) is 9.76. The zero-order valence-electron chi connectivity index (χ0n) is 26.8. The molecule has 0 bridgehead atoms. The van der Waals surface area contributed by atoms with E-state index in [1.165, 1.54) is 24.3 Å². The summed E-state index contributed by atoms with van der Waals surface area (Å²) in [5.41, 5.74) is 7.46. The molecule has 2 aliphatic rings. The van der Waals surface area contributed by atoms with E-state index in [0.29, 0.717) is 76.1 Å². The van der Waals surface area contributed by atoms with Crippen LogP contribution < -0.4 is 5.73 Å². The molecule has 2 fully saturated rings. The molecular weight excluding hydrogens is 624 g/mol. The van der Waals surface area contributed by atoms with Gasteiger partial charge in [-0.25, -0.2) is 0 Å². The van der Waals surface area contributed by atoms with Crippen LogP contribution in [0.5, 0.6) is 0 Å². The second-order valence-electron chi connectivity index (χ2n) is 13.5. The Morgan fingerprint density at radius 3 is 1.21 bits per heavy atom. The standard InChI is InChI=1S/C39H41F6N3/c40-38(41,42)33-15-7-13-31(25-33)36(17-21-47(22-18-36)27-29-9-3-1-4-10-29)35(46)37(32-14-8-16-34(26-32)39(43,44)45)19-23-48(24-20-37)28-30-11-5-2-6-12-30/h1-16,25-26,35H,17-24,27-28,46H2. The van der Waals surface area contributed by atoms with E-state index in [2.05, 4.69) is 9.80 Å². The average Bonchev–Trinajstić information content (AvgIpc) is 3.09. The number of benzene rings is 4. The predicted octanol–water partition coefficient (Wildman–Crippen LogP) is 8.82. The summed E-state index contributed by atoms with van der Waals surface area (Å²) in [6, 6.07) is 30.2. The summed E-state index contributed by atoms with van der Waals surface area (Å²) in [7, 11) is 0. The Morgan fingerprint density at radius 2 is 0.875 bits per heavy atom. The predicted molar refractivity (Wildman–Crippen MR) is 176 cm³/mol. The maximum Gasteiger partial charge on any atom is 0.416 e. The Bertz CT molecular complexity index is 1510. The molecule has 0 unspecified atom stereocenters. The first kappa shape index (κ1) is 34.2. The Labute approximate surface area is 278 Å². The summed E-state index contributed by atoms with van der Waals surface area (Å²) < 4.78 is 84.5. The molecule has 0 amide bonds. The van der Waals surface area contributed by atoms with Gasteiger partial charge in [-0.3, -0.25) is 9.80 Å². The molecular formula is C39H41F6N3. The first-order valence-corrected chi connectivity index (χ1v) is 16.5. The van der Waals surface area contributed by atoms with Crippen molar-refractivity contribution in [3.63, 3.8) is 0 Å². The second kappa shape index (κ2) is 13.7. The van der Waals surface area contributed by atoms with Crippen molar-refractivity contribution in [1.29, 1.82) is 0 Å². The fraction of sp³-hybridized carbons (Fsp3) is 0.385. The van der Waals surface area contributed by atoms with E-state index >= 15 is 0 Å². The monoisotopic (exact) mass is 665 g/mol. The number of alkyl halides is 6. The maximum atomic E-state index is 14.1. The fourth-order valence-electron chi connectivity index (χ4n) is 8.00. The van der Waals surface area contributed by atoms with E-state index in [-0.39, 0.29) is 0 Å². The summed E-state index contributed by atoms with van der Waals surface area (Å²) in [6.45, 7) is 3.77. The SMILES string of the molecule is NC(C1(c2cccc(C(F)(F)F)c2)CCN(Cc2ccccc2)CC1)C1(c2cccc(C(F)(F)F)c2)CCN(Cc2ccccc2)CC1. The van der Waals surface area contributed by atoms with Crippen LogP contribution in [0.4, 0.5) is 26.3 Å². The van der Waals surface area contributed by atoms with Crippen molar-refractivity contribution in [2.75, 3.05) is 26.2 Å². The molecule has 2 N–H and O–H groups in total. The maximum absolute atomic E-state index is 14.1. The number of nitrogens with two attached hydrogens (primary N) is 1. The molecule has 2 aliphatic heterocycles. The summed E-state index contributed by atoms with van der Waals surface area (Å²) >= 11 is 0. The normalized spacial score (nSPS) is 19.0. The van der Waals surface area contributed by atoms with E-state index in [4.69, 9.17) is 5.73 Å². The molecule has 0 aromatic heterocycles. The van der Waals surface area contributed by atoms with Crippen molar-refractivity contribution in [3.8, 4) is 0 Å². The largest absolute Gasteiger partial charge is 0.416 e. The van der Waals surface area contributed by atoms with Gasteiger partial charge in [-0.2, -0.15) is 26.3 Å². The highest BCUT2D eigenvalue weighted by Gasteiger charge is 2.53. The average molecular weight is 666 g/mol. The highest BCUT2D eigenvalue weighted by atomic mass is 19.4. The Hall–Kier alpha value is -3.66. The van der Waals surface area contributed by atoms with Gasteiger partial charge >= 0.3 is 12.4 Å².